The summed E-state index contributed by atoms with van der Waals surface area (Å²) in [7, 11) is 0. The molecule has 2 N–H and O–H groups in total. The number of hydrogen-bond acceptors (Lipinski definition) is 3. The van der Waals surface area contributed by atoms with E-state index in [0.717, 1.165) is 24.7 Å². The van der Waals surface area contributed by atoms with E-state index in [1.807, 2.05) is 26.0 Å². The van der Waals surface area contributed by atoms with Crippen molar-refractivity contribution in [2.45, 2.75) is 39.7 Å². The van der Waals surface area contributed by atoms with Crippen LogP contribution in [0, 0.1) is 5.92 Å². The van der Waals surface area contributed by atoms with Crippen molar-refractivity contribution in [2.24, 2.45) is 5.92 Å². The van der Waals surface area contributed by atoms with Gasteiger partial charge in [-0.25, -0.2) is 0 Å². The summed E-state index contributed by atoms with van der Waals surface area (Å²) in [5.74, 6) is 0.844. The van der Waals surface area contributed by atoms with E-state index in [0.29, 0.717) is 12.6 Å². The maximum absolute atomic E-state index is 11.8. The molecule has 116 valence electrons. The molecule has 0 aromatic heterocycles. The van der Waals surface area contributed by atoms with Crippen molar-refractivity contribution >= 4 is 17.3 Å². The van der Waals surface area contributed by atoms with Gasteiger partial charge in [0.25, 0.3) is 0 Å². The molecule has 1 heterocycles. The van der Waals surface area contributed by atoms with Crippen molar-refractivity contribution in [3.8, 4) is 0 Å². The predicted octanol–water partition coefficient (Wildman–Crippen LogP) is 2.86. The average molecular weight is 289 g/mol. The van der Waals surface area contributed by atoms with Gasteiger partial charge in [0.1, 0.15) is 0 Å². The normalized spacial score (nSPS) is 16.3. The first-order chi connectivity index (χ1) is 10.0. The highest BCUT2D eigenvalue weighted by molar-refractivity contribution is 5.92. The highest BCUT2D eigenvalue weighted by Crippen LogP contribution is 2.24. The van der Waals surface area contributed by atoms with E-state index in [2.05, 4.69) is 34.6 Å². The Kier molecular flexibility index (Phi) is 5.62. The fourth-order valence-electron chi connectivity index (χ4n) is 2.52. The minimum absolute atomic E-state index is 0.00301. The van der Waals surface area contributed by atoms with Gasteiger partial charge in [-0.15, -0.1) is 0 Å². The molecular formula is C17H27N3O. The minimum atomic E-state index is 0.00301. The summed E-state index contributed by atoms with van der Waals surface area (Å²) in [6, 6.07) is 8.49. The number of nitrogens with zero attached hydrogens (tertiary/aromatic N) is 1. The Hall–Kier alpha value is -1.55. The number of carbonyl (C=O) groups is 1. The van der Waals surface area contributed by atoms with Crippen LogP contribution in [0.4, 0.5) is 11.4 Å². The molecule has 0 unspecified atom stereocenters. The third kappa shape index (κ3) is 5.05. The second-order valence-corrected chi connectivity index (χ2v) is 6.30. The van der Waals surface area contributed by atoms with Gasteiger partial charge >= 0.3 is 0 Å². The number of benzene rings is 1. The van der Waals surface area contributed by atoms with Crippen molar-refractivity contribution in [1.29, 1.82) is 0 Å². The zero-order valence-electron chi connectivity index (χ0n) is 13.4. The SMILES string of the molecule is CC1CCN(c2ccc(NC(=O)CNC(C)C)cc2)CC1. The molecule has 0 radical (unpaired) electrons. The molecular weight excluding hydrogens is 262 g/mol. The van der Waals surface area contributed by atoms with Gasteiger partial charge in [-0.1, -0.05) is 20.8 Å². The fraction of sp³-hybridized carbons (Fsp3) is 0.588. The van der Waals surface area contributed by atoms with Gasteiger partial charge in [-0.2, -0.15) is 0 Å². The number of anilines is 2. The summed E-state index contributed by atoms with van der Waals surface area (Å²) in [6.07, 6.45) is 2.53. The summed E-state index contributed by atoms with van der Waals surface area (Å²) < 4.78 is 0. The molecule has 0 atom stereocenters. The maximum Gasteiger partial charge on any atom is 0.238 e. The van der Waals surface area contributed by atoms with E-state index in [1.165, 1.54) is 18.5 Å². The van der Waals surface area contributed by atoms with Crippen LogP contribution in [0.5, 0.6) is 0 Å². The van der Waals surface area contributed by atoms with E-state index in [9.17, 15) is 4.79 Å². The third-order valence-corrected chi connectivity index (χ3v) is 3.97. The van der Waals surface area contributed by atoms with Crippen LogP contribution in [0.1, 0.15) is 33.6 Å². The molecule has 1 fully saturated rings. The van der Waals surface area contributed by atoms with E-state index < -0.39 is 0 Å². The lowest BCUT2D eigenvalue weighted by Gasteiger charge is -2.32. The van der Waals surface area contributed by atoms with E-state index in [-0.39, 0.29) is 5.91 Å². The zero-order valence-corrected chi connectivity index (χ0v) is 13.4. The standard InChI is InChI=1S/C17H27N3O/c1-13(2)18-12-17(21)19-15-4-6-16(7-5-15)20-10-8-14(3)9-11-20/h4-7,13-14,18H,8-12H2,1-3H3,(H,19,21). The summed E-state index contributed by atoms with van der Waals surface area (Å²) in [5.41, 5.74) is 2.11. The second kappa shape index (κ2) is 7.46. The van der Waals surface area contributed by atoms with Gasteiger partial charge in [0.05, 0.1) is 6.54 Å². The lowest BCUT2D eigenvalue weighted by molar-refractivity contribution is -0.115. The Morgan fingerprint density at radius 1 is 1.24 bits per heavy atom. The van der Waals surface area contributed by atoms with Crippen LogP contribution in [-0.4, -0.2) is 31.6 Å². The molecule has 1 saturated heterocycles. The Morgan fingerprint density at radius 3 is 2.43 bits per heavy atom. The smallest absolute Gasteiger partial charge is 0.238 e. The first kappa shape index (κ1) is 15.8. The lowest BCUT2D eigenvalue weighted by Crippen LogP contribution is -2.33. The Morgan fingerprint density at radius 2 is 1.86 bits per heavy atom. The van der Waals surface area contributed by atoms with Crippen molar-refractivity contribution in [2.75, 3.05) is 29.9 Å². The van der Waals surface area contributed by atoms with Crippen molar-refractivity contribution in [3.05, 3.63) is 24.3 Å². The number of carbonyl (C=O) groups excluding carboxylic acids is 1. The first-order valence-electron chi connectivity index (χ1n) is 7.93. The lowest BCUT2D eigenvalue weighted by atomic mass is 9.99. The monoisotopic (exact) mass is 289 g/mol. The molecule has 1 aliphatic rings. The molecule has 21 heavy (non-hydrogen) atoms. The fourth-order valence-corrected chi connectivity index (χ4v) is 2.52. The number of nitrogens with one attached hydrogen (secondary N) is 2. The van der Waals surface area contributed by atoms with Gasteiger partial charge in [-0.05, 0) is 43.0 Å². The summed E-state index contributed by atoms with van der Waals surface area (Å²) >= 11 is 0. The third-order valence-electron chi connectivity index (χ3n) is 3.97. The maximum atomic E-state index is 11.8. The van der Waals surface area contributed by atoms with Crippen LogP contribution in [0.25, 0.3) is 0 Å². The first-order valence-corrected chi connectivity index (χ1v) is 7.93. The van der Waals surface area contributed by atoms with Crippen molar-refractivity contribution in [3.63, 3.8) is 0 Å². The van der Waals surface area contributed by atoms with Gasteiger partial charge in [0, 0.05) is 30.5 Å². The molecule has 2 rings (SSSR count). The second-order valence-electron chi connectivity index (χ2n) is 6.30. The molecule has 0 bridgehead atoms. The average Bonchev–Trinajstić information content (AvgIpc) is 2.47. The van der Waals surface area contributed by atoms with Gasteiger partial charge in [0.15, 0.2) is 0 Å². The van der Waals surface area contributed by atoms with Crippen LogP contribution in [0.2, 0.25) is 0 Å². The molecule has 0 aliphatic carbocycles. The van der Waals surface area contributed by atoms with Crippen LogP contribution in [0.15, 0.2) is 24.3 Å². The van der Waals surface area contributed by atoms with Crippen LogP contribution in [0.3, 0.4) is 0 Å². The van der Waals surface area contributed by atoms with E-state index in [4.69, 9.17) is 0 Å². The number of rotatable bonds is 5. The zero-order chi connectivity index (χ0) is 15.2. The predicted molar refractivity (Wildman–Crippen MR) is 88.8 cm³/mol. The summed E-state index contributed by atoms with van der Waals surface area (Å²) in [4.78, 5) is 14.2. The van der Waals surface area contributed by atoms with Crippen molar-refractivity contribution in [1.82, 2.24) is 5.32 Å². The minimum Gasteiger partial charge on any atom is -0.372 e. The molecule has 1 aromatic carbocycles. The van der Waals surface area contributed by atoms with Gasteiger partial charge in [0.2, 0.25) is 5.91 Å². The molecule has 4 heteroatoms. The molecule has 0 saturated carbocycles. The highest BCUT2D eigenvalue weighted by Gasteiger charge is 2.15. The number of amides is 1. The van der Waals surface area contributed by atoms with Gasteiger partial charge < -0.3 is 15.5 Å². The molecule has 4 nitrogen and oxygen atoms in total. The molecule has 0 spiro atoms. The Bertz CT molecular complexity index is 448. The largest absolute Gasteiger partial charge is 0.372 e. The van der Waals surface area contributed by atoms with Crippen molar-refractivity contribution < 1.29 is 4.79 Å². The highest BCUT2D eigenvalue weighted by atomic mass is 16.1. The quantitative estimate of drug-likeness (QED) is 0.876. The van der Waals surface area contributed by atoms with E-state index >= 15 is 0 Å². The molecule has 1 aromatic rings. The van der Waals surface area contributed by atoms with E-state index in [1.54, 1.807) is 0 Å². The van der Waals surface area contributed by atoms with Crippen LogP contribution < -0.4 is 15.5 Å². The van der Waals surface area contributed by atoms with Crippen LogP contribution in [-0.2, 0) is 4.79 Å². The topological polar surface area (TPSA) is 44.4 Å². The number of hydrogen-bond donors (Lipinski definition) is 2. The molecule has 1 aliphatic heterocycles. The summed E-state index contributed by atoms with van der Waals surface area (Å²) in [5, 5.41) is 6.03. The molecule has 1 amide bonds. The van der Waals surface area contributed by atoms with Crippen LogP contribution >= 0.6 is 0 Å². The Labute approximate surface area is 127 Å². The summed E-state index contributed by atoms with van der Waals surface area (Å²) in [6.45, 7) is 8.99. The van der Waals surface area contributed by atoms with Gasteiger partial charge in [-0.3, -0.25) is 4.79 Å². The Balaban J connectivity index is 1.85. The number of piperidine rings is 1.